The van der Waals surface area contributed by atoms with Gasteiger partial charge in [0.05, 0.1) is 4.88 Å². The van der Waals surface area contributed by atoms with Gasteiger partial charge in [-0.3, -0.25) is 4.79 Å². The number of thiazole rings is 1. The van der Waals surface area contributed by atoms with Crippen LogP contribution in [-0.2, 0) is 0 Å². The summed E-state index contributed by atoms with van der Waals surface area (Å²) >= 11 is 1.38. The molecule has 0 saturated carbocycles. The molecule has 0 atom stereocenters. The van der Waals surface area contributed by atoms with Gasteiger partial charge in [-0.2, -0.15) is 0 Å². The molecule has 0 saturated heterocycles. The van der Waals surface area contributed by atoms with Gasteiger partial charge < -0.3 is 5.73 Å². The number of aldehydes is 1. The Bertz CT molecular complexity index is 465. The predicted molar refractivity (Wildman–Crippen MR) is 57.3 cm³/mol. The number of hydrogen-bond acceptors (Lipinski definition) is 4. The highest BCUT2D eigenvalue weighted by Gasteiger charge is 2.06. The number of benzene rings is 1. The maximum atomic E-state index is 10.8. The fourth-order valence-corrected chi connectivity index (χ4v) is 1.97. The van der Waals surface area contributed by atoms with Gasteiger partial charge in [-0.25, -0.2) is 4.98 Å². The molecule has 1 aromatic carbocycles. The Balaban J connectivity index is 2.55. The first-order valence-corrected chi connectivity index (χ1v) is 4.89. The van der Waals surface area contributed by atoms with Gasteiger partial charge in [-0.15, -0.1) is 0 Å². The van der Waals surface area contributed by atoms with Crippen molar-refractivity contribution in [1.82, 2.24) is 4.98 Å². The molecular formula is C10H8N2OS. The van der Waals surface area contributed by atoms with E-state index in [1.165, 1.54) is 11.3 Å². The van der Waals surface area contributed by atoms with E-state index in [0.29, 0.717) is 10.7 Å². The van der Waals surface area contributed by atoms with E-state index in [2.05, 4.69) is 4.98 Å². The summed E-state index contributed by atoms with van der Waals surface area (Å²) in [6.07, 6.45) is 2.52. The van der Waals surface area contributed by atoms with Crippen LogP contribution in [0.15, 0.2) is 30.5 Å². The lowest BCUT2D eigenvalue weighted by Gasteiger charge is -1.98. The number of nitrogens with two attached hydrogens (primary N) is 1. The van der Waals surface area contributed by atoms with Gasteiger partial charge in [0.2, 0.25) is 0 Å². The number of hydrogen-bond donors (Lipinski definition) is 1. The molecular weight excluding hydrogens is 196 g/mol. The summed E-state index contributed by atoms with van der Waals surface area (Å²) < 4.78 is 0. The van der Waals surface area contributed by atoms with Crippen molar-refractivity contribution in [3.8, 4) is 10.4 Å². The molecule has 0 unspecified atom stereocenters. The Hall–Kier alpha value is -1.68. The third-order valence-electron chi connectivity index (χ3n) is 1.88. The van der Waals surface area contributed by atoms with Crippen molar-refractivity contribution in [3.63, 3.8) is 0 Å². The first-order valence-electron chi connectivity index (χ1n) is 4.07. The quantitative estimate of drug-likeness (QED) is 0.763. The van der Waals surface area contributed by atoms with E-state index in [-0.39, 0.29) is 0 Å². The summed E-state index contributed by atoms with van der Waals surface area (Å²) in [5.41, 5.74) is 7.08. The molecule has 2 rings (SSSR count). The zero-order valence-corrected chi connectivity index (χ0v) is 8.12. The van der Waals surface area contributed by atoms with Crippen LogP contribution in [0.1, 0.15) is 10.4 Å². The maximum Gasteiger partial charge on any atom is 0.180 e. The van der Waals surface area contributed by atoms with E-state index >= 15 is 0 Å². The van der Waals surface area contributed by atoms with E-state index in [9.17, 15) is 4.79 Å². The summed E-state index contributed by atoms with van der Waals surface area (Å²) in [6, 6.07) is 7.38. The zero-order chi connectivity index (χ0) is 9.97. The smallest absolute Gasteiger partial charge is 0.180 e. The Labute approximate surface area is 85.2 Å². The fourth-order valence-electron chi connectivity index (χ4n) is 1.24. The Morgan fingerprint density at radius 1 is 1.36 bits per heavy atom. The molecule has 1 aromatic heterocycles. The molecule has 2 N–H and O–H groups in total. The summed E-state index contributed by atoms with van der Waals surface area (Å²) in [4.78, 5) is 15.6. The molecule has 0 spiro atoms. The molecule has 0 aliphatic carbocycles. The van der Waals surface area contributed by atoms with Crippen LogP contribution in [0.3, 0.4) is 0 Å². The van der Waals surface area contributed by atoms with Crippen LogP contribution in [-0.4, -0.2) is 11.3 Å². The van der Waals surface area contributed by atoms with Crippen LogP contribution >= 0.6 is 11.3 Å². The van der Waals surface area contributed by atoms with E-state index in [0.717, 1.165) is 16.7 Å². The monoisotopic (exact) mass is 204 g/mol. The van der Waals surface area contributed by atoms with E-state index < -0.39 is 0 Å². The lowest BCUT2D eigenvalue weighted by Crippen LogP contribution is -1.83. The van der Waals surface area contributed by atoms with Crippen molar-refractivity contribution in [2.45, 2.75) is 0 Å². The van der Waals surface area contributed by atoms with E-state index in [4.69, 9.17) is 5.73 Å². The van der Waals surface area contributed by atoms with Gasteiger partial charge in [0.25, 0.3) is 0 Å². The van der Waals surface area contributed by atoms with Crippen molar-refractivity contribution < 1.29 is 4.79 Å². The lowest BCUT2D eigenvalue weighted by atomic mass is 10.1. The molecule has 0 fully saturated rings. The molecule has 3 nitrogen and oxygen atoms in total. The van der Waals surface area contributed by atoms with Gasteiger partial charge >= 0.3 is 0 Å². The average molecular weight is 204 g/mol. The topological polar surface area (TPSA) is 56.0 Å². The minimum absolute atomic E-state index is 0.515. The van der Waals surface area contributed by atoms with Crippen LogP contribution in [0.2, 0.25) is 0 Å². The molecule has 0 aliphatic rings. The molecule has 0 amide bonds. The molecule has 0 aliphatic heterocycles. The Morgan fingerprint density at radius 2 is 2.14 bits per heavy atom. The zero-order valence-electron chi connectivity index (χ0n) is 7.31. The predicted octanol–water partition coefficient (Wildman–Crippen LogP) is 2.20. The molecule has 70 valence electrons. The van der Waals surface area contributed by atoms with Gasteiger partial charge in [-0.1, -0.05) is 35.6 Å². The maximum absolute atomic E-state index is 10.8. The largest absolute Gasteiger partial charge is 0.375 e. The van der Waals surface area contributed by atoms with Crippen LogP contribution in [0.4, 0.5) is 5.13 Å². The van der Waals surface area contributed by atoms with Gasteiger partial charge in [-0.05, 0) is 0 Å². The molecule has 0 bridgehead atoms. The van der Waals surface area contributed by atoms with Crippen LogP contribution in [0.5, 0.6) is 0 Å². The molecule has 2 aromatic rings. The minimum atomic E-state index is 0.515. The van der Waals surface area contributed by atoms with Gasteiger partial charge in [0.1, 0.15) is 0 Å². The summed E-state index contributed by atoms with van der Waals surface area (Å²) in [7, 11) is 0. The van der Waals surface area contributed by atoms with Crippen molar-refractivity contribution >= 4 is 22.8 Å². The van der Waals surface area contributed by atoms with Crippen LogP contribution in [0, 0.1) is 0 Å². The number of nitrogen functional groups attached to an aromatic ring is 1. The second-order valence-corrected chi connectivity index (χ2v) is 3.83. The molecule has 0 radical (unpaired) electrons. The van der Waals surface area contributed by atoms with Crippen molar-refractivity contribution in [3.05, 3.63) is 36.0 Å². The number of anilines is 1. The van der Waals surface area contributed by atoms with Crippen LogP contribution < -0.4 is 5.73 Å². The minimum Gasteiger partial charge on any atom is -0.375 e. The molecule has 14 heavy (non-hydrogen) atoms. The number of carbonyl (C=O) groups excluding carboxylic acids is 1. The Morgan fingerprint density at radius 3 is 2.79 bits per heavy atom. The second kappa shape index (κ2) is 3.59. The second-order valence-electron chi connectivity index (χ2n) is 2.77. The average Bonchev–Trinajstić information content (AvgIpc) is 2.65. The van der Waals surface area contributed by atoms with Crippen molar-refractivity contribution in [2.24, 2.45) is 0 Å². The normalized spacial score (nSPS) is 10.0. The first kappa shape index (κ1) is 8.90. The molecule has 4 heteroatoms. The number of carbonyl (C=O) groups is 1. The highest BCUT2D eigenvalue weighted by Crippen LogP contribution is 2.29. The first-order chi connectivity index (χ1) is 6.81. The molecule has 1 heterocycles. The number of nitrogens with zero attached hydrogens (tertiary/aromatic N) is 1. The van der Waals surface area contributed by atoms with E-state index in [1.807, 2.05) is 18.2 Å². The van der Waals surface area contributed by atoms with Crippen LogP contribution in [0.25, 0.3) is 10.4 Å². The van der Waals surface area contributed by atoms with Crippen molar-refractivity contribution in [1.29, 1.82) is 0 Å². The van der Waals surface area contributed by atoms with E-state index in [1.54, 1.807) is 12.3 Å². The van der Waals surface area contributed by atoms with Gasteiger partial charge in [0.15, 0.2) is 11.4 Å². The fraction of sp³-hybridized carbons (Fsp3) is 0. The van der Waals surface area contributed by atoms with Gasteiger partial charge in [0, 0.05) is 17.3 Å². The highest BCUT2D eigenvalue weighted by atomic mass is 32.1. The number of rotatable bonds is 2. The summed E-state index contributed by atoms with van der Waals surface area (Å²) in [6.45, 7) is 0. The SMILES string of the molecule is Nc1ncc(-c2ccccc2C=O)s1. The highest BCUT2D eigenvalue weighted by molar-refractivity contribution is 7.18. The number of aromatic nitrogens is 1. The Kier molecular flexibility index (Phi) is 2.28. The lowest BCUT2D eigenvalue weighted by molar-refractivity contribution is 0.112. The third kappa shape index (κ3) is 1.52. The van der Waals surface area contributed by atoms with Crippen molar-refractivity contribution in [2.75, 3.05) is 5.73 Å². The third-order valence-corrected chi connectivity index (χ3v) is 2.74. The summed E-state index contributed by atoms with van der Waals surface area (Å²) in [5, 5.41) is 0.515. The summed E-state index contributed by atoms with van der Waals surface area (Å²) in [5.74, 6) is 0. The standard InChI is InChI=1S/C10H8N2OS/c11-10-12-5-9(14-10)8-4-2-1-3-7(8)6-13/h1-6H,(H2,11,12).